The molecule has 0 radical (unpaired) electrons. The topological polar surface area (TPSA) is 38.3 Å². The van der Waals surface area contributed by atoms with E-state index in [9.17, 15) is 4.79 Å². The second-order valence-corrected chi connectivity index (χ2v) is 2.87. The van der Waals surface area contributed by atoms with E-state index in [4.69, 9.17) is 4.74 Å². The number of hydrogen-bond donors (Lipinski definition) is 1. The van der Waals surface area contributed by atoms with Gasteiger partial charge in [0.05, 0.1) is 19.1 Å². The molecule has 0 aromatic rings. The zero-order valence-corrected chi connectivity index (χ0v) is 7.38. The summed E-state index contributed by atoms with van der Waals surface area (Å²) in [7, 11) is 0. The minimum atomic E-state index is 0.00343. The maximum atomic E-state index is 11.3. The highest BCUT2D eigenvalue weighted by molar-refractivity contribution is 5.79. The molecule has 1 aliphatic rings. The Morgan fingerprint density at radius 3 is 3.33 bits per heavy atom. The molecule has 3 nitrogen and oxygen atoms in total. The molecule has 1 rings (SSSR count). The van der Waals surface area contributed by atoms with Crippen molar-refractivity contribution in [2.45, 2.75) is 13.3 Å². The first-order valence-electron chi connectivity index (χ1n) is 4.31. The third-order valence-electron chi connectivity index (χ3n) is 1.89. The van der Waals surface area contributed by atoms with Gasteiger partial charge in [-0.05, 0) is 13.3 Å². The van der Waals surface area contributed by atoms with Gasteiger partial charge in [0.1, 0.15) is 0 Å². The molecule has 1 heterocycles. The van der Waals surface area contributed by atoms with Crippen molar-refractivity contribution in [1.82, 2.24) is 5.32 Å². The van der Waals surface area contributed by atoms with E-state index in [1.54, 1.807) is 0 Å². The number of carbonyl (C=O) groups is 1. The van der Waals surface area contributed by atoms with Gasteiger partial charge in [-0.25, -0.2) is 0 Å². The summed E-state index contributed by atoms with van der Waals surface area (Å²) in [6.45, 7) is 3.79. The normalized spacial score (nSPS) is 25.4. The summed E-state index contributed by atoms with van der Waals surface area (Å²) in [5.41, 5.74) is 0. The largest absolute Gasteiger partial charge is 0.379 e. The molecule has 1 atom stereocenters. The summed E-state index contributed by atoms with van der Waals surface area (Å²) in [5, 5.41) is 2.81. The standard InChI is InChI=1S/C9H15NO2/c1-2-3-4-8-7-12-6-5-10-9(8)11/h2-3,8H,4-7H2,1H3,(H,10,11). The highest BCUT2D eigenvalue weighted by Gasteiger charge is 2.19. The maximum absolute atomic E-state index is 11.3. The first-order valence-corrected chi connectivity index (χ1v) is 4.31. The Morgan fingerprint density at radius 2 is 2.58 bits per heavy atom. The minimum Gasteiger partial charge on any atom is -0.379 e. The van der Waals surface area contributed by atoms with Crippen LogP contribution in [0.15, 0.2) is 12.2 Å². The molecule has 68 valence electrons. The first kappa shape index (κ1) is 9.26. The predicted octanol–water partition coefficient (Wildman–Crippen LogP) is 0.715. The summed E-state index contributed by atoms with van der Waals surface area (Å²) in [4.78, 5) is 11.3. The van der Waals surface area contributed by atoms with Gasteiger partial charge in [-0.1, -0.05) is 12.2 Å². The molecule has 3 heteroatoms. The zero-order chi connectivity index (χ0) is 8.81. The average molecular weight is 169 g/mol. The average Bonchev–Trinajstić information content (AvgIpc) is 2.27. The summed E-state index contributed by atoms with van der Waals surface area (Å²) in [5.74, 6) is 0.120. The van der Waals surface area contributed by atoms with Gasteiger partial charge in [0.15, 0.2) is 0 Å². The quantitative estimate of drug-likeness (QED) is 0.618. The molecule has 1 amide bonds. The molecule has 1 unspecified atom stereocenters. The minimum absolute atomic E-state index is 0.00343. The summed E-state index contributed by atoms with van der Waals surface area (Å²) in [6.07, 6.45) is 4.74. The second kappa shape index (κ2) is 4.93. The molecule has 1 N–H and O–H groups in total. The van der Waals surface area contributed by atoms with Crippen LogP contribution < -0.4 is 5.32 Å². The van der Waals surface area contributed by atoms with Crippen molar-refractivity contribution in [2.75, 3.05) is 19.8 Å². The monoisotopic (exact) mass is 169 g/mol. The van der Waals surface area contributed by atoms with E-state index < -0.39 is 0 Å². The Bertz CT molecular complexity index is 177. The molecule has 0 aromatic heterocycles. The number of rotatable bonds is 2. The van der Waals surface area contributed by atoms with E-state index in [2.05, 4.69) is 5.32 Å². The van der Waals surface area contributed by atoms with Gasteiger partial charge in [0, 0.05) is 6.54 Å². The van der Waals surface area contributed by atoms with Gasteiger partial charge in [0.2, 0.25) is 5.91 Å². The fourth-order valence-electron chi connectivity index (χ4n) is 1.17. The van der Waals surface area contributed by atoms with Crippen LogP contribution in [0, 0.1) is 5.92 Å². The first-order chi connectivity index (χ1) is 5.84. The highest BCUT2D eigenvalue weighted by Crippen LogP contribution is 2.07. The van der Waals surface area contributed by atoms with Crippen molar-refractivity contribution < 1.29 is 9.53 Å². The molecule has 12 heavy (non-hydrogen) atoms. The van der Waals surface area contributed by atoms with Crippen LogP contribution in [-0.4, -0.2) is 25.7 Å². The van der Waals surface area contributed by atoms with Crippen LogP contribution in [-0.2, 0) is 9.53 Å². The molecule has 0 bridgehead atoms. The lowest BCUT2D eigenvalue weighted by Crippen LogP contribution is -2.30. The Kier molecular flexibility index (Phi) is 3.80. The van der Waals surface area contributed by atoms with Gasteiger partial charge >= 0.3 is 0 Å². The van der Waals surface area contributed by atoms with E-state index in [0.717, 1.165) is 6.42 Å². The van der Waals surface area contributed by atoms with Crippen molar-refractivity contribution in [3.63, 3.8) is 0 Å². The zero-order valence-electron chi connectivity index (χ0n) is 7.38. The fraction of sp³-hybridized carbons (Fsp3) is 0.667. The third kappa shape index (κ3) is 2.66. The van der Waals surface area contributed by atoms with Crippen LogP contribution in [0.5, 0.6) is 0 Å². The summed E-state index contributed by atoms with van der Waals surface area (Å²) >= 11 is 0. The molecular formula is C9H15NO2. The van der Waals surface area contributed by atoms with Crippen LogP contribution in [0.3, 0.4) is 0 Å². The highest BCUT2D eigenvalue weighted by atomic mass is 16.5. The number of amides is 1. The lowest BCUT2D eigenvalue weighted by Gasteiger charge is -2.08. The number of nitrogens with one attached hydrogen (secondary N) is 1. The van der Waals surface area contributed by atoms with Crippen molar-refractivity contribution in [1.29, 1.82) is 0 Å². The number of ether oxygens (including phenoxy) is 1. The molecular weight excluding hydrogens is 154 g/mol. The van der Waals surface area contributed by atoms with E-state index in [1.165, 1.54) is 0 Å². The van der Waals surface area contributed by atoms with Crippen molar-refractivity contribution >= 4 is 5.91 Å². The molecule has 1 saturated heterocycles. The summed E-state index contributed by atoms with van der Waals surface area (Å²) < 4.78 is 5.26. The van der Waals surface area contributed by atoms with Gasteiger partial charge in [-0.3, -0.25) is 4.79 Å². The second-order valence-electron chi connectivity index (χ2n) is 2.87. The number of allylic oxidation sites excluding steroid dienone is 2. The van der Waals surface area contributed by atoms with Gasteiger partial charge in [-0.15, -0.1) is 0 Å². The Hall–Kier alpha value is -0.830. The van der Waals surface area contributed by atoms with Crippen molar-refractivity contribution in [3.05, 3.63) is 12.2 Å². The smallest absolute Gasteiger partial charge is 0.225 e. The van der Waals surface area contributed by atoms with Crippen LogP contribution in [0.25, 0.3) is 0 Å². The molecule has 0 saturated carbocycles. The molecule has 0 aromatic carbocycles. The third-order valence-corrected chi connectivity index (χ3v) is 1.89. The van der Waals surface area contributed by atoms with Crippen molar-refractivity contribution in [3.8, 4) is 0 Å². The lowest BCUT2D eigenvalue weighted by molar-refractivity contribution is -0.125. The van der Waals surface area contributed by atoms with E-state index in [1.807, 2.05) is 19.1 Å². The number of carbonyl (C=O) groups excluding carboxylic acids is 1. The van der Waals surface area contributed by atoms with Crippen LogP contribution in [0.1, 0.15) is 13.3 Å². The Labute approximate surface area is 72.8 Å². The summed E-state index contributed by atoms with van der Waals surface area (Å²) in [6, 6.07) is 0. The van der Waals surface area contributed by atoms with Gasteiger partial charge in [-0.2, -0.15) is 0 Å². The van der Waals surface area contributed by atoms with Crippen LogP contribution >= 0.6 is 0 Å². The molecule has 0 aliphatic carbocycles. The SMILES string of the molecule is CC=CCC1COCCNC1=O. The number of hydrogen-bond acceptors (Lipinski definition) is 2. The Morgan fingerprint density at radius 1 is 1.75 bits per heavy atom. The molecule has 1 aliphatic heterocycles. The van der Waals surface area contributed by atoms with Crippen LogP contribution in [0.2, 0.25) is 0 Å². The maximum Gasteiger partial charge on any atom is 0.225 e. The van der Waals surface area contributed by atoms with Crippen LogP contribution in [0.4, 0.5) is 0 Å². The van der Waals surface area contributed by atoms with E-state index >= 15 is 0 Å². The van der Waals surface area contributed by atoms with E-state index in [0.29, 0.717) is 19.8 Å². The van der Waals surface area contributed by atoms with Crippen molar-refractivity contribution in [2.24, 2.45) is 5.92 Å². The van der Waals surface area contributed by atoms with Gasteiger partial charge < -0.3 is 10.1 Å². The molecule has 0 spiro atoms. The fourth-order valence-corrected chi connectivity index (χ4v) is 1.17. The van der Waals surface area contributed by atoms with E-state index in [-0.39, 0.29) is 11.8 Å². The predicted molar refractivity (Wildman–Crippen MR) is 46.7 cm³/mol. The Balaban J connectivity index is 2.42. The molecule has 1 fully saturated rings. The lowest BCUT2D eigenvalue weighted by atomic mass is 10.1. The van der Waals surface area contributed by atoms with Gasteiger partial charge in [0.25, 0.3) is 0 Å².